The number of hydrogen-bond acceptors (Lipinski definition) is 6. The van der Waals surface area contributed by atoms with Gasteiger partial charge in [0.25, 0.3) is 5.56 Å². The first-order valence-electron chi connectivity index (χ1n) is 5.74. The molecule has 3 rings (SSSR count). The van der Waals surface area contributed by atoms with E-state index in [4.69, 9.17) is 5.11 Å². The van der Waals surface area contributed by atoms with E-state index < -0.39 is 18.1 Å². The number of hydrogen-bond donors (Lipinski definition) is 1. The smallest absolute Gasteiger partial charge is 0.325 e. The summed E-state index contributed by atoms with van der Waals surface area (Å²) >= 11 is 1.42. The minimum absolute atomic E-state index is 0.374. The summed E-state index contributed by atoms with van der Waals surface area (Å²) in [5, 5.41) is 13.0. The van der Waals surface area contributed by atoms with Crippen molar-refractivity contribution >= 4 is 39.1 Å². The molecule has 0 radical (unpaired) electrons. The van der Waals surface area contributed by atoms with Crippen LogP contribution in [0.3, 0.4) is 0 Å². The highest BCUT2D eigenvalue weighted by molar-refractivity contribution is 7.16. The second-order valence-corrected chi connectivity index (χ2v) is 5.34. The Labute approximate surface area is 116 Å². The van der Waals surface area contributed by atoms with E-state index in [0.717, 1.165) is 9.38 Å². The lowest BCUT2D eigenvalue weighted by atomic mass is 10.5. The zero-order chi connectivity index (χ0) is 14.4. The maximum Gasteiger partial charge on any atom is 0.325 e. The highest BCUT2D eigenvalue weighted by Gasteiger charge is 2.18. The summed E-state index contributed by atoms with van der Waals surface area (Å²) in [7, 11) is 3.55. The molecule has 0 amide bonds. The molecule has 3 aromatic rings. The molecule has 104 valence electrons. The third-order valence-corrected chi connectivity index (χ3v) is 3.61. The van der Waals surface area contributed by atoms with Crippen LogP contribution in [0.5, 0.6) is 0 Å². The van der Waals surface area contributed by atoms with E-state index in [2.05, 4.69) is 10.1 Å². The molecular formula is C11H11N5O3S. The molecule has 20 heavy (non-hydrogen) atoms. The Hall–Kier alpha value is -2.42. The van der Waals surface area contributed by atoms with Crippen LogP contribution in [0.25, 0.3) is 15.9 Å². The maximum absolute atomic E-state index is 12.3. The van der Waals surface area contributed by atoms with E-state index in [0.29, 0.717) is 17.1 Å². The first-order valence-corrected chi connectivity index (χ1v) is 6.62. The molecule has 0 aliphatic carbocycles. The molecule has 9 heteroatoms. The number of carboxylic acids is 1. The van der Waals surface area contributed by atoms with Crippen molar-refractivity contribution in [1.82, 2.24) is 19.2 Å². The zero-order valence-corrected chi connectivity index (χ0v) is 11.6. The third kappa shape index (κ3) is 1.74. The average Bonchev–Trinajstić information content (AvgIpc) is 2.92. The average molecular weight is 293 g/mol. The van der Waals surface area contributed by atoms with Gasteiger partial charge >= 0.3 is 5.97 Å². The lowest BCUT2D eigenvalue weighted by Gasteiger charge is -2.15. The summed E-state index contributed by atoms with van der Waals surface area (Å²) in [5.41, 5.74) is 2.28. The SMILES string of the molecule is CN(C)c1nn(CC(=O)O)c(=O)c2cc3scnc3n12. The first-order chi connectivity index (χ1) is 9.49. The van der Waals surface area contributed by atoms with Crippen LogP contribution in [0.1, 0.15) is 0 Å². The number of carboxylic acid groups (broad SMARTS) is 1. The molecule has 0 bridgehead atoms. The molecule has 0 atom stereocenters. The van der Waals surface area contributed by atoms with Crippen molar-refractivity contribution in [2.75, 3.05) is 19.0 Å². The molecule has 0 saturated heterocycles. The molecule has 0 spiro atoms. The minimum atomic E-state index is -1.11. The number of aromatic nitrogens is 4. The van der Waals surface area contributed by atoms with E-state index >= 15 is 0 Å². The van der Waals surface area contributed by atoms with Gasteiger partial charge in [0.15, 0.2) is 5.65 Å². The number of carbonyl (C=O) groups is 1. The fourth-order valence-corrected chi connectivity index (χ4v) is 2.73. The molecule has 0 unspecified atom stereocenters. The molecule has 1 N–H and O–H groups in total. The number of nitrogens with zero attached hydrogens (tertiary/aromatic N) is 5. The van der Waals surface area contributed by atoms with E-state index in [1.54, 1.807) is 35.0 Å². The van der Waals surface area contributed by atoms with E-state index in [9.17, 15) is 9.59 Å². The van der Waals surface area contributed by atoms with Crippen LogP contribution in [0, 0.1) is 0 Å². The highest BCUT2D eigenvalue weighted by Crippen LogP contribution is 2.24. The summed E-state index contributed by atoms with van der Waals surface area (Å²) in [6, 6.07) is 1.71. The van der Waals surface area contributed by atoms with E-state index in [-0.39, 0.29) is 0 Å². The lowest BCUT2D eigenvalue weighted by molar-refractivity contribution is -0.137. The van der Waals surface area contributed by atoms with Crippen molar-refractivity contribution in [1.29, 1.82) is 0 Å². The fourth-order valence-electron chi connectivity index (χ4n) is 2.03. The molecule has 0 aliphatic rings. The van der Waals surface area contributed by atoms with Gasteiger partial charge in [-0.3, -0.25) is 14.0 Å². The monoisotopic (exact) mass is 293 g/mol. The van der Waals surface area contributed by atoms with Crippen LogP contribution >= 0.6 is 11.3 Å². The van der Waals surface area contributed by atoms with Crippen LogP contribution in [0.2, 0.25) is 0 Å². The van der Waals surface area contributed by atoms with Crippen molar-refractivity contribution in [3.63, 3.8) is 0 Å². The van der Waals surface area contributed by atoms with Crippen LogP contribution in [-0.2, 0) is 11.3 Å². The van der Waals surface area contributed by atoms with Gasteiger partial charge in [-0.15, -0.1) is 16.4 Å². The predicted octanol–water partition coefficient (Wildman–Crippen LogP) is 0.256. The first kappa shape index (κ1) is 12.6. The number of rotatable bonds is 3. The Balaban J connectivity index is 2.44. The van der Waals surface area contributed by atoms with Crippen LogP contribution < -0.4 is 10.5 Å². The van der Waals surface area contributed by atoms with Gasteiger partial charge in [0.2, 0.25) is 5.95 Å². The minimum Gasteiger partial charge on any atom is -0.480 e. The summed E-state index contributed by atoms with van der Waals surface area (Å²) < 4.78 is 3.46. The normalized spacial score (nSPS) is 11.3. The zero-order valence-electron chi connectivity index (χ0n) is 10.8. The Kier molecular flexibility index (Phi) is 2.71. The summed E-state index contributed by atoms with van der Waals surface area (Å²) in [4.78, 5) is 29.1. The van der Waals surface area contributed by atoms with Gasteiger partial charge in [0.1, 0.15) is 12.1 Å². The van der Waals surface area contributed by atoms with Gasteiger partial charge in [-0.1, -0.05) is 0 Å². The van der Waals surface area contributed by atoms with Crippen LogP contribution in [-0.4, -0.2) is 44.3 Å². The largest absolute Gasteiger partial charge is 0.480 e. The number of thiazole rings is 1. The molecule has 0 aromatic carbocycles. The van der Waals surface area contributed by atoms with Crippen molar-refractivity contribution in [2.24, 2.45) is 0 Å². The Bertz CT molecular complexity index is 875. The fraction of sp³-hybridized carbons (Fsp3) is 0.273. The van der Waals surface area contributed by atoms with Crippen molar-refractivity contribution in [3.05, 3.63) is 21.9 Å². The number of fused-ring (bicyclic) bond motifs is 3. The Morgan fingerprint density at radius 2 is 2.25 bits per heavy atom. The van der Waals surface area contributed by atoms with Crippen molar-refractivity contribution in [3.8, 4) is 0 Å². The van der Waals surface area contributed by atoms with Crippen molar-refractivity contribution in [2.45, 2.75) is 6.54 Å². The van der Waals surface area contributed by atoms with Gasteiger partial charge in [-0.2, -0.15) is 0 Å². The molecule has 0 fully saturated rings. The lowest BCUT2D eigenvalue weighted by Crippen LogP contribution is -2.31. The number of aliphatic carboxylic acids is 1. The predicted molar refractivity (Wildman–Crippen MR) is 74.6 cm³/mol. The van der Waals surface area contributed by atoms with Gasteiger partial charge in [-0.05, 0) is 6.07 Å². The molecule has 3 aromatic heterocycles. The van der Waals surface area contributed by atoms with Gasteiger partial charge in [-0.25, -0.2) is 9.67 Å². The Morgan fingerprint density at radius 3 is 2.90 bits per heavy atom. The third-order valence-electron chi connectivity index (χ3n) is 2.84. The van der Waals surface area contributed by atoms with Crippen molar-refractivity contribution < 1.29 is 9.90 Å². The van der Waals surface area contributed by atoms with Crippen LogP contribution in [0.15, 0.2) is 16.4 Å². The standard InChI is InChI=1S/C11H11N5O3S/c1-14(2)11-13-15(4-8(17)18)10(19)6-3-7-9(16(6)11)12-5-20-7/h3,5H,4H2,1-2H3,(H,17,18). The van der Waals surface area contributed by atoms with Crippen LogP contribution in [0.4, 0.5) is 5.95 Å². The maximum atomic E-state index is 12.3. The summed E-state index contributed by atoms with van der Waals surface area (Å²) in [6.45, 7) is -0.470. The Morgan fingerprint density at radius 1 is 1.50 bits per heavy atom. The quantitative estimate of drug-likeness (QED) is 0.744. The number of anilines is 1. The molecule has 3 heterocycles. The highest BCUT2D eigenvalue weighted by atomic mass is 32.1. The topological polar surface area (TPSA) is 92.7 Å². The van der Waals surface area contributed by atoms with Gasteiger partial charge in [0, 0.05) is 14.1 Å². The van der Waals surface area contributed by atoms with E-state index in [1.165, 1.54) is 11.3 Å². The molecule has 0 aliphatic heterocycles. The van der Waals surface area contributed by atoms with Gasteiger partial charge in [0.05, 0.1) is 10.2 Å². The second-order valence-electron chi connectivity index (χ2n) is 4.46. The molecular weight excluding hydrogens is 282 g/mol. The summed E-state index contributed by atoms with van der Waals surface area (Å²) in [6.07, 6.45) is 0. The molecule has 0 saturated carbocycles. The van der Waals surface area contributed by atoms with E-state index in [1.807, 2.05) is 0 Å². The van der Waals surface area contributed by atoms with Gasteiger partial charge < -0.3 is 10.0 Å². The molecule has 8 nitrogen and oxygen atoms in total. The summed E-state index contributed by atoms with van der Waals surface area (Å²) in [5.74, 6) is -0.651. The second kappa shape index (κ2) is 4.30.